The van der Waals surface area contributed by atoms with Crippen LogP contribution in [0.5, 0.6) is 0 Å². The van der Waals surface area contributed by atoms with Crippen molar-refractivity contribution in [2.75, 3.05) is 0 Å². The minimum absolute atomic E-state index is 0.0758. The highest BCUT2D eigenvalue weighted by atomic mass is 16.4. The molecule has 0 spiro atoms. The Morgan fingerprint density at radius 2 is 2.06 bits per heavy atom. The summed E-state index contributed by atoms with van der Waals surface area (Å²) in [6.45, 7) is 5.49. The van der Waals surface area contributed by atoms with Crippen LogP contribution in [0.4, 0.5) is 0 Å². The number of carboxylic acid groups (broad SMARTS) is 1. The highest BCUT2D eigenvalue weighted by Gasteiger charge is 2.27. The molecule has 0 radical (unpaired) electrons. The van der Waals surface area contributed by atoms with E-state index in [1.807, 2.05) is 0 Å². The average Bonchev–Trinajstić information content (AvgIpc) is 2.64. The summed E-state index contributed by atoms with van der Waals surface area (Å²) in [6, 6.07) is 1.73. The highest BCUT2D eigenvalue weighted by Crippen LogP contribution is 2.19. The van der Waals surface area contributed by atoms with Crippen LogP contribution in [0.2, 0.25) is 0 Å². The van der Waals surface area contributed by atoms with Gasteiger partial charge in [0.2, 0.25) is 0 Å². The molecule has 0 bridgehead atoms. The standard InChI is InChI=1S/C12H17NO3/c1-4-10(14)9-5-6-13(7-9)8-12(2,3)11(15)16/h5-7H,4,8H2,1-3H3,(H,15,16). The number of hydrogen-bond donors (Lipinski definition) is 1. The van der Waals surface area contributed by atoms with E-state index in [0.717, 1.165) is 0 Å². The molecule has 0 aliphatic carbocycles. The molecule has 0 atom stereocenters. The molecule has 88 valence electrons. The molecule has 0 amide bonds. The van der Waals surface area contributed by atoms with Crippen molar-refractivity contribution in [3.05, 3.63) is 24.0 Å². The molecule has 1 N–H and O–H groups in total. The van der Waals surface area contributed by atoms with Gasteiger partial charge in [-0.1, -0.05) is 6.92 Å². The zero-order valence-electron chi connectivity index (χ0n) is 9.86. The molecule has 1 heterocycles. The summed E-state index contributed by atoms with van der Waals surface area (Å²) in [5.74, 6) is -0.767. The molecule has 1 aromatic heterocycles. The Hall–Kier alpha value is -1.58. The van der Waals surface area contributed by atoms with Crippen LogP contribution < -0.4 is 0 Å². The number of rotatable bonds is 5. The van der Waals surface area contributed by atoms with E-state index in [-0.39, 0.29) is 5.78 Å². The van der Waals surface area contributed by atoms with Gasteiger partial charge in [-0.15, -0.1) is 0 Å². The third-order valence-electron chi connectivity index (χ3n) is 2.55. The summed E-state index contributed by atoms with van der Waals surface area (Å²) in [7, 11) is 0. The van der Waals surface area contributed by atoms with Crippen molar-refractivity contribution >= 4 is 11.8 Å². The maximum atomic E-state index is 11.4. The third-order valence-corrected chi connectivity index (χ3v) is 2.55. The minimum atomic E-state index is -0.843. The van der Waals surface area contributed by atoms with E-state index in [1.165, 1.54) is 0 Å². The Kier molecular flexibility index (Phi) is 3.52. The van der Waals surface area contributed by atoms with Crippen LogP contribution in [-0.4, -0.2) is 21.4 Å². The molecule has 0 saturated carbocycles. The van der Waals surface area contributed by atoms with Gasteiger partial charge in [0, 0.05) is 30.9 Å². The molecule has 0 aromatic carbocycles. The molecule has 0 fully saturated rings. The number of Topliss-reactive ketones (excluding diaryl/α,β-unsaturated/α-hetero) is 1. The first-order chi connectivity index (χ1) is 7.36. The van der Waals surface area contributed by atoms with Crippen molar-refractivity contribution < 1.29 is 14.7 Å². The zero-order valence-corrected chi connectivity index (χ0v) is 9.86. The second-order valence-electron chi connectivity index (χ2n) is 4.54. The predicted molar refractivity (Wildman–Crippen MR) is 60.5 cm³/mol. The van der Waals surface area contributed by atoms with Gasteiger partial charge in [-0.2, -0.15) is 0 Å². The van der Waals surface area contributed by atoms with Crippen LogP contribution in [0, 0.1) is 5.41 Å². The summed E-state index contributed by atoms with van der Waals surface area (Å²) >= 11 is 0. The number of carboxylic acids is 1. The van der Waals surface area contributed by atoms with E-state index < -0.39 is 11.4 Å². The summed E-state index contributed by atoms with van der Waals surface area (Å²) in [5, 5.41) is 8.98. The fourth-order valence-electron chi connectivity index (χ4n) is 1.43. The summed E-state index contributed by atoms with van der Waals surface area (Å²) in [4.78, 5) is 22.3. The van der Waals surface area contributed by atoms with Crippen LogP contribution in [-0.2, 0) is 11.3 Å². The van der Waals surface area contributed by atoms with Gasteiger partial charge in [0.05, 0.1) is 5.41 Å². The topological polar surface area (TPSA) is 59.3 Å². The number of aliphatic carboxylic acids is 1. The molecule has 0 aliphatic rings. The normalized spacial score (nSPS) is 11.4. The van der Waals surface area contributed by atoms with Crippen molar-refractivity contribution in [3.63, 3.8) is 0 Å². The molecular formula is C12H17NO3. The Labute approximate surface area is 94.9 Å². The lowest BCUT2D eigenvalue weighted by Gasteiger charge is -2.19. The van der Waals surface area contributed by atoms with Crippen LogP contribution in [0.15, 0.2) is 18.5 Å². The molecule has 4 nitrogen and oxygen atoms in total. The first-order valence-corrected chi connectivity index (χ1v) is 5.29. The molecule has 0 aliphatic heterocycles. The molecule has 1 aromatic rings. The fourth-order valence-corrected chi connectivity index (χ4v) is 1.43. The molecule has 0 saturated heterocycles. The Morgan fingerprint density at radius 3 is 2.56 bits per heavy atom. The second kappa shape index (κ2) is 4.51. The zero-order chi connectivity index (χ0) is 12.3. The van der Waals surface area contributed by atoms with Gasteiger partial charge < -0.3 is 9.67 Å². The number of carbonyl (C=O) groups is 2. The van der Waals surface area contributed by atoms with Crippen molar-refractivity contribution in [3.8, 4) is 0 Å². The average molecular weight is 223 g/mol. The predicted octanol–water partition coefficient (Wildman–Crippen LogP) is 2.19. The lowest BCUT2D eigenvalue weighted by Crippen LogP contribution is -2.28. The Morgan fingerprint density at radius 1 is 1.44 bits per heavy atom. The first-order valence-electron chi connectivity index (χ1n) is 5.29. The second-order valence-corrected chi connectivity index (χ2v) is 4.54. The Balaban J connectivity index is 2.80. The van der Waals surface area contributed by atoms with E-state index >= 15 is 0 Å². The van der Waals surface area contributed by atoms with Gasteiger partial charge in [-0.3, -0.25) is 9.59 Å². The van der Waals surface area contributed by atoms with Crippen molar-refractivity contribution in [1.82, 2.24) is 4.57 Å². The van der Waals surface area contributed by atoms with Gasteiger partial charge in [0.1, 0.15) is 0 Å². The number of ketones is 1. The molecular weight excluding hydrogens is 206 g/mol. The van der Waals surface area contributed by atoms with E-state index in [4.69, 9.17) is 5.11 Å². The third kappa shape index (κ3) is 2.72. The molecule has 4 heteroatoms. The number of carbonyl (C=O) groups excluding carboxylic acids is 1. The highest BCUT2D eigenvalue weighted by molar-refractivity contribution is 5.95. The summed E-state index contributed by atoms with van der Waals surface area (Å²) in [5.41, 5.74) is -0.186. The van der Waals surface area contributed by atoms with Crippen LogP contribution in [0.1, 0.15) is 37.6 Å². The van der Waals surface area contributed by atoms with Gasteiger partial charge in [0.25, 0.3) is 0 Å². The van der Waals surface area contributed by atoms with Crippen molar-refractivity contribution in [1.29, 1.82) is 0 Å². The lowest BCUT2D eigenvalue weighted by atomic mass is 9.94. The van der Waals surface area contributed by atoms with Crippen LogP contribution in [0.3, 0.4) is 0 Å². The van der Waals surface area contributed by atoms with Gasteiger partial charge >= 0.3 is 5.97 Å². The van der Waals surface area contributed by atoms with Crippen LogP contribution >= 0.6 is 0 Å². The van der Waals surface area contributed by atoms with Crippen molar-refractivity contribution in [2.45, 2.75) is 33.7 Å². The van der Waals surface area contributed by atoms with Crippen molar-refractivity contribution in [2.24, 2.45) is 5.41 Å². The van der Waals surface area contributed by atoms with Crippen LogP contribution in [0.25, 0.3) is 0 Å². The Bertz CT molecular complexity index is 404. The van der Waals surface area contributed by atoms with Gasteiger partial charge in [-0.25, -0.2) is 0 Å². The maximum Gasteiger partial charge on any atom is 0.310 e. The molecule has 0 unspecified atom stereocenters. The van der Waals surface area contributed by atoms with Gasteiger partial charge in [-0.05, 0) is 19.9 Å². The number of hydrogen-bond acceptors (Lipinski definition) is 2. The van der Waals surface area contributed by atoms with E-state index in [9.17, 15) is 9.59 Å². The monoisotopic (exact) mass is 223 g/mol. The fraction of sp³-hybridized carbons (Fsp3) is 0.500. The maximum absolute atomic E-state index is 11.4. The summed E-state index contributed by atoms with van der Waals surface area (Å²) in [6.07, 6.45) is 3.91. The summed E-state index contributed by atoms with van der Waals surface area (Å²) < 4.78 is 1.75. The smallest absolute Gasteiger partial charge is 0.310 e. The number of aromatic nitrogens is 1. The van der Waals surface area contributed by atoms with E-state index in [1.54, 1.807) is 43.8 Å². The quantitative estimate of drug-likeness (QED) is 0.778. The first kappa shape index (κ1) is 12.5. The molecule has 1 rings (SSSR count). The number of nitrogens with zero attached hydrogens (tertiary/aromatic N) is 1. The minimum Gasteiger partial charge on any atom is -0.481 e. The SMILES string of the molecule is CCC(=O)c1ccn(CC(C)(C)C(=O)O)c1. The molecule has 16 heavy (non-hydrogen) atoms. The van der Waals surface area contributed by atoms with E-state index in [2.05, 4.69) is 0 Å². The largest absolute Gasteiger partial charge is 0.481 e. The van der Waals surface area contributed by atoms with Gasteiger partial charge in [0.15, 0.2) is 5.78 Å². The van der Waals surface area contributed by atoms with E-state index in [0.29, 0.717) is 18.5 Å². The lowest BCUT2D eigenvalue weighted by molar-refractivity contribution is -0.147.